The van der Waals surface area contributed by atoms with Crippen molar-refractivity contribution in [3.05, 3.63) is 76.2 Å². The Balaban J connectivity index is 1.32. The van der Waals surface area contributed by atoms with Crippen molar-refractivity contribution < 1.29 is 71.3 Å². The summed E-state index contributed by atoms with van der Waals surface area (Å²) in [5.41, 5.74) is -2.34. The first-order chi connectivity index (χ1) is 32.4. The highest BCUT2D eigenvalue weighted by atomic mass is 32.2. The average Bonchev–Trinajstić information content (AvgIpc) is 3.84. The van der Waals surface area contributed by atoms with Crippen molar-refractivity contribution in [1.82, 2.24) is 20.0 Å². The number of aromatic nitrogens is 4. The first kappa shape index (κ1) is 52.0. The predicted octanol–water partition coefficient (Wildman–Crippen LogP) is 6.79. The molecule has 0 spiro atoms. The van der Waals surface area contributed by atoms with E-state index in [1.165, 1.54) is 36.9 Å². The highest BCUT2D eigenvalue weighted by Gasteiger charge is 2.26. The number of thioether (sulfide) groups is 1. The summed E-state index contributed by atoms with van der Waals surface area (Å²) < 4.78 is 146. The Kier molecular flexibility index (Phi) is 15.9. The lowest BCUT2D eigenvalue weighted by Crippen LogP contribution is -2.18. The summed E-state index contributed by atoms with van der Waals surface area (Å²) in [5.74, 6) is -0.631. The smallest absolute Gasteiger partial charge is 0.299 e. The summed E-state index contributed by atoms with van der Waals surface area (Å²) >= 11 is 2.53. The maximum absolute atomic E-state index is 13.5. The van der Waals surface area contributed by atoms with E-state index in [2.05, 4.69) is 50.7 Å². The van der Waals surface area contributed by atoms with Crippen LogP contribution in [0.2, 0.25) is 0 Å². The first-order valence-corrected chi connectivity index (χ1v) is 26.8. The van der Waals surface area contributed by atoms with Crippen LogP contribution in [0.5, 0.6) is 11.5 Å². The molecule has 4 aromatic carbocycles. The SMILES string of the molecule is Cc1cc(N=Nc2ccc3c(S(=O)(=O)O)c(N=Nc4c(C)[nH]n(-c5ccc(S(=O)(=O)O)cc5S(=O)(=O)O)c4=O)ccc3c2O)c(OCCCS(=O)(=O)O)cc1N=Nc1nnc(SCCCOC=O)s1. The Hall–Kier alpha value is -6.43. The van der Waals surface area contributed by atoms with Crippen LogP contribution in [-0.2, 0) is 50.0 Å². The number of azo groups is 3. The molecule has 0 aliphatic heterocycles. The highest BCUT2D eigenvalue weighted by molar-refractivity contribution is 8.01. The molecule has 0 saturated carbocycles. The second-order valence-corrected chi connectivity index (χ2v) is 22.0. The second-order valence-electron chi connectivity index (χ2n) is 13.9. The summed E-state index contributed by atoms with van der Waals surface area (Å²) in [6.45, 7) is 3.32. The van der Waals surface area contributed by atoms with Gasteiger partial charge in [0, 0.05) is 22.6 Å². The number of aromatic hydroxyl groups is 1. The third-order valence-corrected chi connectivity index (χ3v) is 14.6. The number of carbonyl (C=O) groups is 1. The van der Waals surface area contributed by atoms with Gasteiger partial charge >= 0.3 is 0 Å². The van der Waals surface area contributed by atoms with E-state index >= 15 is 0 Å². The van der Waals surface area contributed by atoms with E-state index in [0.717, 1.165) is 41.7 Å². The number of hydrogen-bond donors (Lipinski definition) is 6. The fourth-order valence-corrected chi connectivity index (χ4v) is 10.2. The fraction of sp³-hybridized carbons (Fsp3) is 0.222. The van der Waals surface area contributed by atoms with E-state index in [9.17, 15) is 66.6 Å². The second kappa shape index (κ2) is 21.1. The number of ether oxygens (including phenoxy) is 2. The van der Waals surface area contributed by atoms with Crippen molar-refractivity contribution in [3.63, 3.8) is 0 Å². The maximum atomic E-state index is 13.5. The molecule has 6 rings (SSSR count). The van der Waals surface area contributed by atoms with Crippen molar-refractivity contribution in [3.8, 4) is 17.2 Å². The summed E-state index contributed by atoms with van der Waals surface area (Å²) in [6, 6.07) is 9.33. The molecule has 0 aliphatic rings. The number of benzene rings is 4. The predicted molar refractivity (Wildman–Crippen MR) is 244 cm³/mol. The van der Waals surface area contributed by atoms with Crippen molar-refractivity contribution >= 4 is 114 Å². The molecule has 2 aromatic heterocycles. The quantitative estimate of drug-likeness (QED) is 0.0142. The van der Waals surface area contributed by atoms with Crippen LogP contribution in [-0.4, -0.2) is 108 Å². The average molecular weight is 1070 g/mol. The molecule has 0 radical (unpaired) electrons. The van der Waals surface area contributed by atoms with Gasteiger partial charge in [-0.25, -0.2) is 4.68 Å². The van der Waals surface area contributed by atoms with Gasteiger partial charge in [0.05, 0.1) is 40.9 Å². The van der Waals surface area contributed by atoms with Gasteiger partial charge in [0.15, 0.2) is 15.8 Å². The van der Waals surface area contributed by atoms with Crippen LogP contribution in [0.15, 0.2) is 109 Å². The molecule has 27 nitrogen and oxygen atoms in total. The molecular formula is C36H34N10O17S6. The molecule has 2 heterocycles. The minimum atomic E-state index is -5.22. The number of hydrogen-bond acceptors (Lipinski definition) is 23. The number of rotatable bonds is 21. The van der Waals surface area contributed by atoms with Crippen LogP contribution in [0.25, 0.3) is 16.5 Å². The minimum absolute atomic E-state index is 0.0157. The number of carbonyl (C=O) groups excluding carboxylic acids is 1. The van der Waals surface area contributed by atoms with Gasteiger partial charge in [0.25, 0.3) is 57.6 Å². The van der Waals surface area contributed by atoms with E-state index in [1.807, 2.05) is 0 Å². The third-order valence-electron chi connectivity index (χ3n) is 9.07. The Morgan fingerprint density at radius 1 is 0.754 bits per heavy atom. The van der Waals surface area contributed by atoms with Crippen molar-refractivity contribution in [1.29, 1.82) is 0 Å². The molecule has 0 saturated heterocycles. The van der Waals surface area contributed by atoms with Gasteiger partial charge in [-0.3, -0.25) is 32.9 Å². The molecule has 366 valence electrons. The number of fused-ring (bicyclic) bond motifs is 1. The van der Waals surface area contributed by atoms with Crippen molar-refractivity contribution in [2.45, 2.75) is 45.7 Å². The normalized spacial score (nSPS) is 12.8. The number of aromatic amines is 1. The number of phenols is 1. The van der Waals surface area contributed by atoms with Crippen LogP contribution < -0.4 is 10.3 Å². The number of nitrogens with zero attached hydrogens (tertiary/aromatic N) is 9. The largest absolute Gasteiger partial charge is 0.505 e. The van der Waals surface area contributed by atoms with E-state index in [-0.39, 0.29) is 64.0 Å². The van der Waals surface area contributed by atoms with E-state index in [0.29, 0.717) is 39.3 Å². The molecule has 69 heavy (non-hydrogen) atoms. The maximum Gasteiger partial charge on any atom is 0.299 e. The molecule has 6 N–H and O–H groups in total. The van der Waals surface area contributed by atoms with Crippen LogP contribution in [0, 0.1) is 13.8 Å². The lowest BCUT2D eigenvalue weighted by atomic mass is 10.1. The zero-order chi connectivity index (χ0) is 50.5. The molecule has 0 fully saturated rings. The summed E-state index contributed by atoms with van der Waals surface area (Å²) in [6.07, 6.45) is 0.458. The van der Waals surface area contributed by atoms with Crippen LogP contribution in [0.4, 0.5) is 33.6 Å². The summed E-state index contributed by atoms with van der Waals surface area (Å²) in [7, 11) is -19.7. The van der Waals surface area contributed by atoms with Crippen LogP contribution >= 0.6 is 23.1 Å². The molecular weight excluding hydrogens is 1040 g/mol. The third kappa shape index (κ3) is 13.0. The molecule has 0 unspecified atom stereocenters. The van der Waals surface area contributed by atoms with Gasteiger partial charge in [0.1, 0.15) is 32.6 Å². The molecule has 6 aromatic rings. The molecule has 0 bridgehead atoms. The van der Waals surface area contributed by atoms with Gasteiger partial charge in [-0.1, -0.05) is 29.2 Å². The topological polar surface area (TPSA) is 411 Å². The highest BCUT2D eigenvalue weighted by Crippen LogP contribution is 2.43. The molecule has 33 heteroatoms. The Morgan fingerprint density at radius 2 is 1.43 bits per heavy atom. The van der Waals surface area contributed by atoms with E-state index < -0.39 is 89.3 Å². The number of H-pyrrole nitrogens is 1. The Morgan fingerprint density at radius 3 is 2.12 bits per heavy atom. The van der Waals surface area contributed by atoms with Gasteiger partial charge in [-0.2, -0.15) is 33.7 Å². The number of aryl methyl sites for hydroxylation is 2. The van der Waals surface area contributed by atoms with E-state index in [4.69, 9.17) is 4.74 Å². The lowest BCUT2D eigenvalue weighted by molar-refractivity contribution is -0.128. The van der Waals surface area contributed by atoms with Crippen LogP contribution in [0.3, 0.4) is 0 Å². The molecule has 0 amide bonds. The zero-order valence-electron chi connectivity index (χ0n) is 35.1. The monoisotopic (exact) mass is 1070 g/mol. The molecule has 0 atom stereocenters. The van der Waals surface area contributed by atoms with Gasteiger partial charge < -0.3 is 14.6 Å². The van der Waals surface area contributed by atoms with Gasteiger partial charge in [-0.05, 0) is 74.7 Å². The Labute approximate surface area is 398 Å². The minimum Gasteiger partial charge on any atom is -0.505 e. The van der Waals surface area contributed by atoms with Gasteiger partial charge in [-0.15, -0.1) is 40.9 Å². The van der Waals surface area contributed by atoms with E-state index in [1.54, 1.807) is 6.92 Å². The Bertz CT molecular complexity index is 3590. The number of nitrogens with one attached hydrogen (secondary N) is 1. The van der Waals surface area contributed by atoms with Crippen LogP contribution in [0.1, 0.15) is 24.1 Å². The lowest BCUT2D eigenvalue weighted by Gasteiger charge is -2.11. The van der Waals surface area contributed by atoms with Gasteiger partial charge in [0.2, 0.25) is 0 Å². The zero-order valence-corrected chi connectivity index (χ0v) is 40.0. The molecule has 0 aliphatic carbocycles. The standard InChI is InChI=1S/C36H34N10O17S6/c1-19-15-27(29(63-12-4-14-66(50,51)52)17-26(19)39-42-35-43-44-36(65-35)64-13-3-11-62-18-47)40-37-24-8-7-23-22(32(24)48)6-9-25(33(23)69(59,60)61)38-41-31-20(2)45-46(34(31)49)28-10-5-21(67(53,54)55)16-30(28)68(56,57)58/h5-10,15-18,45,48H,3-4,11-14H2,1-2H3,(H,50,51,52)(H,53,54,55)(H,56,57,58)(H,59,60,61). The summed E-state index contributed by atoms with van der Waals surface area (Å²) in [4.78, 5) is 20.9. The van der Waals surface area contributed by atoms with Crippen molar-refractivity contribution in [2.75, 3.05) is 24.7 Å². The fourth-order valence-electron chi connectivity index (χ4n) is 5.99. The van der Waals surface area contributed by atoms with Crippen molar-refractivity contribution in [2.24, 2.45) is 30.7 Å². The first-order valence-electron chi connectivity index (χ1n) is 19.0. The summed E-state index contributed by atoms with van der Waals surface area (Å²) in [5, 5.41) is 45.9. The number of phenolic OH excluding ortho intramolecular Hbond substituents is 1.